The van der Waals surface area contributed by atoms with E-state index >= 15 is 0 Å². The summed E-state index contributed by atoms with van der Waals surface area (Å²) in [7, 11) is 3.14. The summed E-state index contributed by atoms with van der Waals surface area (Å²) in [5.41, 5.74) is 6.05. The highest BCUT2D eigenvalue weighted by molar-refractivity contribution is 6.32. The number of ketones is 4. The molecule has 0 spiro atoms. The Morgan fingerprint density at radius 3 is 2.30 bits per heavy atom. The van der Waals surface area contributed by atoms with Crippen molar-refractivity contribution in [3.05, 3.63) is 53.1 Å². The van der Waals surface area contributed by atoms with E-state index < -0.39 is 64.4 Å². The maximum atomic E-state index is 14.0. The predicted molar refractivity (Wildman–Crippen MR) is 160 cm³/mol. The van der Waals surface area contributed by atoms with Crippen molar-refractivity contribution in [3.63, 3.8) is 0 Å². The van der Waals surface area contributed by atoms with Gasteiger partial charge in [-0.15, -0.1) is 0 Å². The summed E-state index contributed by atoms with van der Waals surface area (Å²) in [6.45, 7) is 5.29. The van der Waals surface area contributed by atoms with Crippen LogP contribution in [0.4, 0.5) is 0 Å². The van der Waals surface area contributed by atoms with Gasteiger partial charge in [-0.3, -0.25) is 33.8 Å². The summed E-state index contributed by atoms with van der Waals surface area (Å²) in [6.07, 6.45) is 2.63. The van der Waals surface area contributed by atoms with Gasteiger partial charge in [-0.05, 0) is 93.0 Å². The number of piperidine rings is 1. The van der Waals surface area contributed by atoms with E-state index in [-0.39, 0.29) is 24.2 Å². The van der Waals surface area contributed by atoms with Crippen molar-refractivity contribution in [2.45, 2.75) is 50.8 Å². The van der Waals surface area contributed by atoms with E-state index in [2.05, 4.69) is 24.0 Å². The van der Waals surface area contributed by atoms with Crippen molar-refractivity contribution in [2.75, 3.05) is 27.2 Å². The lowest BCUT2D eigenvalue weighted by atomic mass is 9.52. The number of benzene rings is 2. The highest BCUT2D eigenvalue weighted by Gasteiger charge is 2.69. The van der Waals surface area contributed by atoms with Gasteiger partial charge in [0.05, 0.1) is 17.5 Å². The van der Waals surface area contributed by atoms with E-state index in [1.807, 2.05) is 12.1 Å². The first-order valence-corrected chi connectivity index (χ1v) is 15.4. The van der Waals surface area contributed by atoms with Crippen LogP contribution < -0.4 is 5.73 Å². The number of fused-ring (bicyclic) bond motifs is 3. The molecule has 3 fully saturated rings. The van der Waals surface area contributed by atoms with Crippen molar-refractivity contribution in [2.24, 2.45) is 35.3 Å². The molecule has 0 aromatic heterocycles. The molecular weight excluding hydrogens is 562 g/mol. The lowest BCUT2D eigenvalue weighted by Gasteiger charge is -2.52. The minimum atomic E-state index is -2.73. The Balaban J connectivity index is 1.35. The fourth-order valence-electron chi connectivity index (χ4n) is 8.14. The van der Waals surface area contributed by atoms with E-state index in [9.17, 15) is 34.2 Å². The van der Waals surface area contributed by atoms with Gasteiger partial charge in [0.25, 0.3) is 0 Å². The number of carbonyl (C=O) groups excluding carboxylic acids is 5. The Labute approximate surface area is 256 Å². The second-order valence-electron chi connectivity index (χ2n) is 13.4. The summed E-state index contributed by atoms with van der Waals surface area (Å²) in [6, 6.07) is 10.2. The van der Waals surface area contributed by atoms with Gasteiger partial charge >= 0.3 is 0 Å². The van der Waals surface area contributed by atoms with Crippen molar-refractivity contribution < 1.29 is 34.2 Å². The molecule has 2 aromatic rings. The maximum Gasteiger partial charge on any atom is 0.235 e. The normalized spacial score (nSPS) is 31.1. The number of phenolic OH excluding ortho intramolecular Hbond substituents is 1. The van der Waals surface area contributed by atoms with Gasteiger partial charge < -0.3 is 15.9 Å². The summed E-state index contributed by atoms with van der Waals surface area (Å²) in [5, 5.41) is 22.6. The average molecular weight is 602 g/mol. The van der Waals surface area contributed by atoms with E-state index in [0.29, 0.717) is 5.56 Å². The lowest BCUT2D eigenvalue weighted by Crippen LogP contribution is -2.74. The van der Waals surface area contributed by atoms with Gasteiger partial charge in [0, 0.05) is 12.5 Å². The number of hydrogen-bond donors (Lipinski definition) is 3. The van der Waals surface area contributed by atoms with Crippen LogP contribution in [0.2, 0.25) is 0 Å². The second kappa shape index (κ2) is 11.0. The number of amides is 1. The number of rotatable bonds is 5. The van der Waals surface area contributed by atoms with E-state index in [1.165, 1.54) is 29.4 Å². The van der Waals surface area contributed by atoms with E-state index in [0.717, 1.165) is 36.7 Å². The van der Waals surface area contributed by atoms with E-state index in [1.54, 1.807) is 20.2 Å². The molecule has 4 N–H and O–H groups in total. The number of nitrogens with zero attached hydrogens (tertiary/aromatic N) is 2. The summed E-state index contributed by atoms with van der Waals surface area (Å²) in [5.74, 6) is -9.68. The molecule has 44 heavy (non-hydrogen) atoms. The molecule has 10 nitrogen and oxygen atoms in total. The standard InChI is InChI=1S/C34H39N3O7/c1-17-10-12-37(13-11-17)16-18-4-6-19(7-5-18)21-8-9-24(38)26-22(21)14-20-15-23-28(36(2)3)30(40)27(33(35)43)32(42)34(23,44)31(41)25(20)29(26)39/h4-9,17,20,23,25,27-28,38,44H,10-16H2,1-3H3,(H2,35,43)/t20-,23-,25?,27?,28-,34-/m0/s1. The molecule has 10 heteroatoms. The average Bonchev–Trinajstić information content (AvgIpc) is 2.96. The van der Waals surface area contributed by atoms with Gasteiger partial charge in [0.15, 0.2) is 34.7 Å². The van der Waals surface area contributed by atoms with E-state index in [4.69, 9.17) is 5.73 Å². The third-order valence-corrected chi connectivity index (χ3v) is 10.5. The molecule has 2 aromatic carbocycles. The number of primary amides is 1. The SMILES string of the molecule is CC1CCN(Cc2ccc(-c3ccc(O)c4c3C[C@H]3C[C@H]5[C@H](N(C)C)C(=O)C(C(N)=O)C(=O)[C@@]5(O)C(=O)C3C4=O)cc2)CC1. The maximum absolute atomic E-state index is 14.0. The van der Waals surface area contributed by atoms with Gasteiger partial charge in [-0.2, -0.15) is 0 Å². The van der Waals surface area contributed by atoms with Crippen LogP contribution in [0.3, 0.4) is 0 Å². The molecule has 1 heterocycles. The molecule has 1 amide bonds. The quantitative estimate of drug-likeness (QED) is 0.434. The molecule has 6 rings (SSSR count). The summed E-state index contributed by atoms with van der Waals surface area (Å²) in [4.78, 5) is 70.9. The van der Waals surface area contributed by atoms with Gasteiger partial charge in [0.1, 0.15) is 5.75 Å². The Hall–Kier alpha value is -3.73. The molecule has 2 saturated carbocycles. The Kier molecular flexibility index (Phi) is 7.58. The van der Waals surface area contributed by atoms with Crippen LogP contribution in [0, 0.1) is 29.6 Å². The molecule has 2 unspecified atom stereocenters. The molecule has 0 bridgehead atoms. The number of carbonyl (C=O) groups is 5. The number of phenols is 1. The summed E-state index contributed by atoms with van der Waals surface area (Å²) < 4.78 is 0. The lowest BCUT2D eigenvalue weighted by molar-refractivity contribution is -0.181. The van der Waals surface area contributed by atoms with Crippen molar-refractivity contribution >= 4 is 29.0 Å². The van der Waals surface area contributed by atoms with Crippen LogP contribution in [0.25, 0.3) is 11.1 Å². The highest BCUT2D eigenvalue weighted by atomic mass is 16.3. The smallest absolute Gasteiger partial charge is 0.235 e. The van der Waals surface area contributed by atoms with Crippen LogP contribution in [-0.2, 0) is 32.1 Å². The Morgan fingerprint density at radius 2 is 1.68 bits per heavy atom. The molecular formula is C34H39N3O7. The first-order valence-electron chi connectivity index (χ1n) is 15.4. The zero-order valence-electron chi connectivity index (χ0n) is 25.3. The zero-order valence-corrected chi connectivity index (χ0v) is 25.3. The minimum absolute atomic E-state index is 0.000564. The van der Waals surface area contributed by atoms with Crippen molar-refractivity contribution in [1.29, 1.82) is 0 Å². The highest BCUT2D eigenvalue weighted by Crippen LogP contribution is 2.51. The van der Waals surface area contributed by atoms with Crippen LogP contribution in [-0.4, -0.2) is 87.9 Å². The number of aromatic hydroxyl groups is 1. The summed E-state index contributed by atoms with van der Waals surface area (Å²) >= 11 is 0. The molecule has 4 aliphatic rings. The first-order chi connectivity index (χ1) is 20.8. The number of hydrogen-bond acceptors (Lipinski definition) is 9. The molecule has 1 aliphatic heterocycles. The monoisotopic (exact) mass is 601 g/mol. The number of Topliss-reactive ketones (excluding diaryl/α,β-unsaturated/α-hetero) is 4. The second-order valence-corrected chi connectivity index (χ2v) is 13.4. The van der Waals surface area contributed by atoms with Crippen LogP contribution in [0.1, 0.15) is 47.7 Å². The first kappa shape index (κ1) is 30.3. The van der Waals surface area contributed by atoms with Crippen LogP contribution in [0.5, 0.6) is 5.75 Å². The minimum Gasteiger partial charge on any atom is -0.507 e. The number of aliphatic hydroxyl groups is 1. The molecule has 0 radical (unpaired) electrons. The number of nitrogens with two attached hydrogens (primary N) is 1. The Morgan fingerprint density at radius 1 is 1.02 bits per heavy atom. The van der Waals surface area contributed by atoms with Crippen molar-refractivity contribution in [1.82, 2.24) is 9.80 Å². The van der Waals surface area contributed by atoms with Gasteiger partial charge in [-0.25, -0.2) is 0 Å². The molecule has 232 valence electrons. The topological polar surface area (TPSA) is 158 Å². The number of likely N-dealkylation sites (N-methyl/N-ethyl adjacent to an activating group) is 1. The zero-order chi connectivity index (χ0) is 31.7. The predicted octanol–water partition coefficient (Wildman–Crippen LogP) is 1.77. The third kappa shape index (κ3) is 4.62. The van der Waals surface area contributed by atoms with Crippen LogP contribution in [0.15, 0.2) is 36.4 Å². The van der Waals surface area contributed by atoms with Gasteiger partial charge in [0.2, 0.25) is 5.91 Å². The fourth-order valence-corrected chi connectivity index (χ4v) is 8.14. The third-order valence-electron chi connectivity index (χ3n) is 10.5. The van der Waals surface area contributed by atoms with Gasteiger partial charge in [-0.1, -0.05) is 37.3 Å². The van der Waals surface area contributed by atoms with Crippen molar-refractivity contribution in [3.8, 4) is 16.9 Å². The fraction of sp³-hybridized carbons (Fsp3) is 0.500. The van der Waals surface area contributed by atoms with Crippen LogP contribution >= 0.6 is 0 Å². The largest absolute Gasteiger partial charge is 0.507 e. The Bertz CT molecular complexity index is 1560. The number of likely N-dealkylation sites (tertiary alicyclic amines) is 1. The molecule has 1 saturated heterocycles. The molecule has 6 atom stereocenters. The molecule has 3 aliphatic carbocycles.